The Morgan fingerprint density at radius 3 is 1.23 bits per heavy atom. The number of ether oxygens (including phenoxy) is 6. The van der Waals surface area contributed by atoms with E-state index in [1.165, 1.54) is 53.1 Å². The first-order valence-corrected chi connectivity index (χ1v) is 53.0. The number of likely N-dealkylation sites (tertiary alicyclic amines) is 4. The minimum atomic E-state index is -1.50. The predicted molar refractivity (Wildman–Crippen MR) is 547 cm³/mol. The number of rotatable bonds is 70. The van der Waals surface area contributed by atoms with Gasteiger partial charge in [0.15, 0.2) is 5.78 Å². The Morgan fingerprint density at radius 2 is 0.801 bits per heavy atom. The van der Waals surface area contributed by atoms with Crippen molar-refractivity contribution in [1.29, 1.82) is 0 Å². The number of carboxylic acid groups (broad SMARTS) is 2. The van der Waals surface area contributed by atoms with Crippen molar-refractivity contribution in [2.75, 3.05) is 156 Å². The maximum absolute atomic E-state index is 13.7. The van der Waals surface area contributed by atoms with Crippen molar-refractivity contribution in [1.82, 2.24) is 40.9 Å². The second-order valence-corrected chi connectivity index (χ2v) is 44.7. The Balaban J connectivity index is 0. The van der Waals surface area contributed by atoms with Gasteiger partial charge in [-0.05, 0) is 172 Å². The topological polar surface area (TPSA) is 505 Å². The van der Waals surface area contributed by atoms with Gasteiger partial charge in [0.25, 0.3) is 0 Å². The number of ketones is 3. The van der Waals surface area contributed by atoms with Crippen LogP contribution in [0.25, 0.3) is 0 Å². The van der Waals surface area contributed by atoms with Crippen molar-refractivity contribution < 1.29 is 135 Å². The van der Waals surface area contributed by atoms with E-state index in [-0.39, 0.29) is 250 Å². The molecule has 141 heavy (non-hydrogen) atoms. The number of aliphatic hydroxyl groups excluding tert-OH is 2. The summed E-state index contributed by atoms with van der Waals surface area (Å²) in [5.41, 5.74) is -8.21. The average Bonchev–Trinajstić information content (AvgIpc) is 1.62. The Bertz CT molecular complexity index is 3970. The minimum absolute atomic E-state index is 0. The first-order chi connectivity index (χ1) is 64.9. The standard InChI is InChI=1S/C34H59N3O10S.C32H56N2O9S.C19H34N2O4S.C15H23NO5.2CH4/c1-10-31(4,5)20-34(8,30(45)47-16-15-46-14-13-38)22-33(7,29(43)44)21-32(6,18-23(2)3)28(42)36-12-11-35-25(39)19-37-26(40)17-24(48-9)27(37)41;1-10-29(4,5)19-32(8,28(41)43-16-15-42-14-13-35)21-31(7,27(39)40)20-30(6,18-22(2)3)26(38)33-11-12-34-24(36)17-23(44-9)25(34)37;1-3-4-5-12-25-13-10-20-9-7-14-26-17-15-18(23)21(19(17)24)11-6-8-16(2)22;1-11-9-14(19)16(15(11)20)10-13(18)6-4-8-21-7-3-5-12(2)17;;/h23-24,38H,10-22H2,1-9H3,(H,35,39)(H,36,42)(H,43,44);22-23,35H,10-21H2,1-9H3,(H,33,38)(H,39,40);17,20H,3-15H2,1-2H3;11H,3-10H2,1-2H3;2*1H4. The number of carbonyl (C=O) groups is 18. The summed E-state index contributed by atoms with van der Waals surface area (Å²) < 4.78 is 32.4. The van der Waals surface area contributed by atoms with Gasteiger partial charge in [0.1, 0.15) is 31.3 Å². The minimum Gasteiger partial charge on any atom is -0.481 e. The van der Waals surface area contributed by atoms with Gasteiger partial charge in [-0.2, -0.15) is 23.5 Å². The van der Waals surface area contributed by atoms with Crippen LogP contribution in [0, 0.1) is 61.1 Å². The van der Waals surface area contributed by atoms with Gasteiger partial charge in [-0.15, -0.1) is 11.8 Å². The highest BCUT2D eigenvalue weighted by molar-refractivity contribution is 8.00. The molecule has 0 saturated carbocycles. The van der Waals surface area contributed by atoms with E-state index in [1.807, 2.05) is 69.2 Å². The quantitative estimate of drug-likeness (QED) is 0.0159. The first-order valence-electron chi connectivity index (χ1n) is 49.4. The number of nitrogens with one attached hydrogen (secondary N) is 4. The molecule has 8 N–H and O–H groups in total. The van der Waals surface area contributed by atoms with Gasteiger partial charge in [-0.1, -0.05) is 137 Å². The zero-order valence-corrected chi connectivity index (χ0v) is 90.0. The van der Waals surface area contributed by atoms with Crippen molar-refractivity contribution in [3.63, 3.8) is 0 Å². The lowest BCUT2D eigenvalue weighted by atomic mass is 9.60. The molecule has 0 aromatic heterocycles. The number of imide groups is 4. The number of aliphatic hydroxyl groups is 2. The summed E-state index contributed by atoms with van der Waals surface area (Å²) in [6.07, 6.45) is 14.5. The first kappa shape index (κ1) is 136. The predicted octanol–water partition coefficient (Wildman–Crippen LogP) is 11.7. The van der Waals surface area contributed by atoms with Crippen LogP contribution in [-0.4, -0.2) is 318 Å². The molecule has 39 heteroatoms. The lowest BCUT2D eigenvalue weighted by Gasteiger charge is -2.43. The van der Waals surface area contributed by atoms with Gasteiger partial charge in [0.2, 0.25) is 65.0 Å². The van der Waals surface area contributed by atoms with Gasteiger partial charge in [0.05, 0.1) is 90.2 Å². The molecule has 814 valence electrons. The van der Waals surface area contributed by atoms with Crippen LogP contribution < -0.4 is 21.3 Å². The van der Waals surface area contributed by atoms with E-state index in [4.69, 9.17) is 38.6 Å². The summed E-state index contributed by atoms with van der Waals surface area (Å²) in [5.74, 6) is -5.89. The van der Waals surface area contributed by atoms with Crippen LogP contribution in [0.4, 0.5) is 0 Å². The average molecular weight is 2060 g/mol. The van der Waals surface area contributed by atoms with E-state index in [0.717, 1.165) is 67.5 Å². The number of aliphatic carboxylic acids is 2. The second-order valence-electron chi connectivity index (χ2n) is 41.3. The number of carbonyl (C=O) groups excluding carboxylic acids is 16. The fraction of sp³-hybridized carbons (Fsp3) is 0.824. The highest BCUT2D eigenvalue weighted by Gasteiger charge is 2.55. The molecule has 10 unspecified atom stereocenters. The number of esters is 2. The molecule has 4 rings (SSSR count). The third-order valence-electron chi connectivity index (χ3n) is 25.2. The smallest absolute Gasteiger partial charge is 0.311 e. The third kappa shape index (κ3) is 50.1. The van der Waals surface area contributed by atoms with Crippen LogP contribution in [0.15, 0.2) is 0 Å². The molecule has 4 fully saturated rings. The van der Waals surface area contributed by atoms with Crippen LogP contribution in [0.2, 0.25) is 0 Å². The number of amides is 11. The van der Waals surface area contributed by atoms with Crippen LogP contribution >= 0.6 is 35.3 Å². The summed E-state index contributed by atoms with van der Waals surface area (Å²) in [5, 5.41) is 49.6. The molecule has 0 spiro atoms. The number of nitrogens with zero attached hydrogens (tertiary/aromatic N) is 4. The molecule has 0 bridgehead atoms. The number of thioether (sulfide) groups is 3. The lowest BCUT2D eigenvalue weighted by molar-refractivity contribution is -0.167. The summed E-state index contributed by atoms with van der Waals surface area (Å²) in [6, 6.07) is 0. The van der Waals surface area contributed by atoms with Crippen molar-refractivity contribution in [3.05, 3.63) is 0 Å². The van der Waals surface area contributed by atoms with Gasteiger partial charge in [-0.3, -0.25) is 96.3 Å². The van der Waals surface area contributed by atoms with Crippen LogP contribution in [-0.2, 0) is 115 Å². The molecule has 0 aromatic rings. The number of Topliss-reactive ketones (excluding diaryl/α,β-unsaturated/α-hetero) is 3. The van der Waals surface area contributed by atoms with Crippen molar-refractivity contribution in [2.45, 2.75) is 323 Å². The zero-order chi connectivity index (χ0) is 106. The van der Waals surface area contributed by atoms with E-state index in [0.29, 0.717) is 84.0 Å². The number of hydrogen-bond acceptors (Lipinski definition) is 30. The lowest BCUT2D eigenvalue weighted by Crippen LogP contribution is -2.49. The molecule has 0 aromatic carbocycles. The second kappa shape index (κ2) is 68.1. The van der Waals surface area contributed by atoms with E-state index in [1.54, 1.807) is 79.7 Å². The molecule has 36 nitrogen and oxygen atoms in total. The molecule has 10 atom stereocenters. The van der Waals surface area contributed by atoms with Gasteiger partial charge in [0, 0.05) is 121 Å². The molecule has 4 aliphatic rings. The van der Waals surface area contributed by atoms with Gasteiger partial charge >= 0.3 is 23.9 Å². The van der Waals surface area contributed by atoms with Crippen LogP contribution in [0.1, 0.15) is 307 Å². The third-order valence-corrected chi connectivity index (χ3v) is 28.4. The largest absolute Gasteiger partial charge is 0.481 e. The molecule has 0 aliphatic carbocycles. The molecular weight excluding hydrogens is 1880 g/mol. The molecule has 4 saturated heterocycles. The SMILES string of the molecule is C.C.CC(=O)CCCOCCCC(=O)CN1C(=O)CC(C)C1=O.CCC(C)(C)CC(C)(CC(C)(CC(C)(CC(C)C)C(=O)NCCN1C(=O)CC(SC)C1=O)C(=O)O)C(=O)OCCOCCO.CCC(C)(C)CC(C)(CC(C)(CC(C)(CC(C)C)C(=O)NCCNC(=O)CN1C(=O)CC(SC)C1=O)C(=O)O)C(=O)OCCOCCO.CCCCCOCCNCCCSC1CC(=O)N(CCCC(C)=O)C1=O. The van der Waals surface area contributed by atoms with E-state index >= 15 is 0 Å². The van der Waals surface area contributed by atoms with Gasteiger partial charge in [-0.25, -0.2) is 0 Å². The van der Waals surface area contributed by atoms with Crippen molar-refractivity contribution in [3.8, 4) is 0 Å². The summed E-state index contributed by atoms with van der Waals surface area (Å²) in [7, 11) is 0. The van der Waals surface area contributed by atoms with Crippen molar-refractivity contribution in [2.24, 2.45) is 61.1 Å². The Kier molecular flexibility index (Phi) is 65.6. The maximum Gasteiger partial charge on any atom is 0.311 e. The normalized spacial score (nSPS) is 18.6. The molecule has 0 radical (unpaired) electrons. The number of carboxylic acids is 2. The van der Waals surface area contributed by atoms with Crippen molar-refractivity contribution >= 4 is 141 Å². The highest BCUT2D eigenvalue weighted by atomic mass is 32.2. The van der Waals surface area contributed by atoms with Gasteiger partial charge < -0.3 is 79.7 Å². The van der Waals surface area contributed by atoms with Crippen LogP contribution in [0.3, 0.4) is 0 Å². The summed E-state index contributed by atoms with van der Waals surface area (Å²) in [4.78, 5) is 228. The molecule has 11 amide bonds. The summed E-state index contributed by atoms with van der Waals surface area (Å²) >= 11 is 4.15. The Hall–Kier alpha value is -7.37. The fourth-order valence-corrected chi connectivity index (χ4v) is 20.7. The molecule has 4 aliphatic heterocycles. The zero-order valence-electron chi connectivity index (χ0n) is 87.6. The number of unbranched alkanes of at least 4 members (excludes halogenated alkanes) is 2. The Morgan fingerprint density at radius 1 is 0.411 bits per heavy atom. The molecule has 4 heterocycles. The van der Waals surface area contributed by atoms with E-state index < -0.39 is 91.1 Å². The Labute approximate surface area is 853 Å². The number of hydrogen-bond donors (Lipinski definition) is 8. The van der Waals surface area contributed by atoms with E-state index in [2.05, 4.69) is 28.2 Å². The summed E-state index contributed by atoms with van der Waals surface area (Å²) in [6.45, 7) is 41.3. The molecular formula is C102H180N8O28S3. The fourth-order valence-electron chi connectivity index (χ4n) is 18.3. The maximum atomic E-state index is 13.7. The van der Waals surface area contributed by atoms with Crippen LogP contribution in [0.5, 0.6) is 0 Å². The van der Waals surface area contributed by atoms with E-state index in [9.17, 15) is 96.5 Å². The monoisotopic (exact) mass is 2060 g/mol. The highest BCUT2D eigenvalue weighted by Crippen LogP contribution is 2.52.